The Balaban J connectivity index is 2.89. The van der Waals surface area contributed by atoms with Crippen molar-refractivity contribution < 1.29 is 9.90 Å². The van der Waals surface area contributed by atoms with E-state index in [0.29, 0.717) is 10.4 Å². The van der Waals surface area contributed by atoms with Crippen LogP contribution in [0.15, 0.2) is 4.73 Å². The molecule has 1 aromatic rings. The molecule has 1 heterocycles. The molecule has 66 valence electrons. The number of H-pyrrole nitrogens is 1. The molecule has 1 aromatic heterocycles. The second kappa shape index (κ2) is 3.71. The lowest BCUT2D eigenvalue weighted by atomic mass is 10.2. The van der Waals surface area contributed by atoms with E-state index in [1.54, 1.807) is 0 Å². The predicted molar refractivity (Wildman–Crippen MR) is 47.0 cm³/mol. The lowest BCUT2D eigenvalue weighted by Gasteiger charge is -1.93. The summed E-state index contributed by atoms with van der Waals surface area (Å²) in [6, 6.07) is 0. The molecular formula is C7H9BrN2O2. The van der Waals surface area contributed by atoms with Crippen LogP contribution in [0.2, 0.25) is 0 Å². The van der Waals surface area contributed by atoms with Crippen molar-refractivity contribution in [1.82, 2.24) is 9.97 Å². The van der Waals surface area contributed by atoms with Gasteiger partial charge in [-0.25, -0.2) is 4.98 Å². The van der Waals surface area contributed by atoms with E-state index in [0.717, 1.165) is 12.1 Å². The van der Waals surface area contributed by atoms with Crippen molar-refractivity contribution in [2.75, 3.05) is 0 Å². The average Bonchev–Trinajstić information content (AvgIpc) is 2.29. The number of halogens is 1. The topological polar surface area (TPSA) is 66.0 Å². The van der Waals surface area contributed by atoms with Gasteiger partial charge in [-0.15, -0.1) is 0 Å². The lowest BCUT2D eigenvalue weighted by Crippen LogP contribution is -2.02. The third-order valence-electron chi connectivity index (χ3n) is 1.50. The number of hydrogen-bond donors (Lipinski definition) is 2. The molecule has 4 nitrogen and oxygen atoms in total. The molecule has 0 aromatic carbocycles. The summed E-state index contributed by atoms with van der Waals surface area (Å²) < 4.78 is 0.593. The molecule has 0 unspecified atom stereocenters. The molecule has 0 bridgehead atoms. The number of aromatic amines is 1. The number of imidazole rings is 1. The number of rotatable bonds is 3. The van der Waals surface area contributed by atoms with E-state index in [1.807, 2.05) is 6.92 Å². The van der Waals surface area contributed by atoms with Gasteiger partial charge in [0.1, 0.15) is 0 Å². The van der Waals surface area contributed by atoms with Crippen LogP contribution in [0.5, 0.6) is 0 Å². The minimum atomic E-state index is -0.846. The van der Waals surface area contributed by atoms with Crippen LogP contribution in [0.25, 0.3) is 0 Å². The monoisotopic (exact) mass is 232 g/mol. The molecule has 0 saturated carbocycles. The smallest absolute Gasteiger partial charge is 0.309 e. The Morgan fingerprint density at radius 2 is 2.42 bits per heavy atom. The van der Waals surface area contributed by atoms with Gasteiger partial charge in [-0.1, -0.05) is 6.92 Å². The largest absolute Gasteiger partial charge is 0.481 e. The molecule has 0 fully saturated rings. The standard InChI is InChI=1S/C7H9BrN2O2/c1-2-4-5(3-6(11)12)10-7(8)9-4/h2-3H2,1H3,(H,9,10)(H,11,12). The SMILES string of the molecule is CCc1nc(Br)[nH]c1CC(=O)O. The summed E-state index contributed by atoms with van der Waals surface area (Å²) in [5, 5.41) is 8.53. The van der Waals surface area contributed by atoms with Gasteiger partial charge in [0.15, 0.2) is 4.73 Å². The van der Waals surface area contributed by atoms with Crippen molar-refractivity contribution in [2.24, 2.45) is 0 Å². The highest BCUT2D eigenvalue weighted by Crippen LogP contribution is 2.11. The molecule has 0 radical (unpaired) electrons. The van der Waals surface area contributed by atoms with Crippen LogP contribution in [0.4, 0.5) is 0 Å². The van der Waals surface area contributed by atoms with Crippen LogP contribution in [0, 0.1) is 0 Å². The summed E-state index contributed by atoms with van der Waals surface area (Å²) in [6.45, 7) is 1.94. The Morgan fingerprint density at radius 3 is 2.92 bits per heavy atom. The molecular weight excluding hydrogens is 224 g/mol. The van der Waals surface area contributed by atoms with Gasteiger partial charge in [-0.2, -0.15) is 0 Å². The summed E-state index contributed by atoms with van der Waals surface area (Å²) in [5.41, 5.74) is 1.49. The normalized spacial score (nSPS) is 10.2. The summed E-state index contributed by atoms with van der Waals surface area (Å²) in [7, 11) is 0. The molecule has 0 atom stereocenters. The van der Waals surface area contributed by atoms with Crippen molar-refractivity contribution in [2.45, 2.75) is 19.8 Å². The first kappa shape index (κ1) is 9.25. The van der Waals surface area contributed by atoms with Gasteiger partial charge < -0.3 is 10.1 Å². The van der Waals surface area contributed by atoms with Crippen molar-refractivity contribution in [3.05, 3.63) is 16.1 Å². The number of carboxylic acid groups (broad SMARTS) is 1. The van der Waals surface area contributed by atoms with E-state index in [9.17, 15) is 4.79 Å². The summed E-state index contributed by atoms with van der Waals surface area (Å²) in [4.78, 5) is 17.3. The van der Waals surface area contributed by atoms with Gasteiger partial charge >= 0.3 is 5.97 Å². The van der Waals surface area contributed by atoms with Crippen LogP contribution in [-0.4, -0.2) is 21.0 Å². The maximum Gasteiger partial charge on any atom is 0.309 e. The van der Waals surface area contributed by atoms with Gasteiger partial charge in [-0.3, -0.25) is 4.79 Å². The van der Waals surface area contributed by atoms with E-state index in [4.69, 9.17) is 5.11 Å². The van der Waals surface area contributed by atoms with E-state index < -0.39 is 5.97 Å². The number of carboxylic acids is 1. The number of nitrogens with zero attached hydrogens (tertiary/aromatic N) is 1. The first-order valence-electron chi connectivity index (χ1n) is 3.58. The lowest BCUT2D eigenvalue weighted by molar-refractivity contribution is -0.136. The summed E-state index contributed by atoms with van der Waals surface area (Å²) in [6.07, 6.45) is 0.743. The number of aryl methyl sites for hydroxylation is 1. The van der Waals surface area contributed by atoms with Crippen LogP contribution < -0.4 is 0 Å². The highest BCUT2D eigenvalue weighted by Gasteiger charge is 2.09. The predicted octanol–water partition coefficient (Wildman–Crippen LogP) is 1.36. The van der Waals surface area contributed by atoms with E-state index in [1.165, 1.54) is 0 Å². The first-order chi connectivity index (χ1) is 5.63. The number of hydrogen-bond acceptors (Lipinski definition) is 2. The number of carbonyl (C=O) groups is 1. The molecule has 5 heteroatoms. The maximum absolute atomic E-state index is 10.4. The van der Waals surface area contributed by atoms with Crippen LogP contribution in [0.1, 0.15) is 18.3 Å². The van der Waals surface area contributed by atoms with Crippen molar-refractivity contribution in [3.8, 4) is 0 Å². The Labute approximate surface area is 78.1 Å². The van der Waals surface area contributed by atoms with Crippen LogP contribution >= 0.6 is 15.9 Å². The molecule has 0 aliphatic carbocycles. The zero-order valence-corrected chi connectivity index (χ0v) is 8.18. The first-order valence-corrected chi connectivity index (χ1v) is 4.37. The van der Waals surface area contributed by atoms with Gasteiger partial charge in [0.2, 0.25) is 0 Å². The molecule has 0 amide bonds. The molecule has 1 rings (SSSR count). The molecule has 12 heavy (non-hydrogen) atoms. The van der Waals surface area contributed by atoms with E-state index in [2.05, 4.69) is 25.9 Å². The zero-order valence-electron chi connectivity index (χ0n) is 6.59. The fraction of sp³-hybridized carbons (Fsp3) is 0.429. The second-order valence-corrected chi connectivity index (χ2v) is 3.13. The van der Waals surface area contributed by atoms with E-state index in [-0.39, 0.29) is 6.42 Å². The molecule has 0 aliphatic rings. The Morgan fingerprint density at radius 1 is 1.75 bits per heavy atom. The Kier molecular flexibility index (Phi) is 2.86. The van der Waals surface area contributed by atoms with Crippen molar-refractivity contribution >= 4 is 21.9 Å². The minimum Gasteiger partial charge on any atom is -0.481 e. The van der Waals surface area contributed by atoms with E-state index >= 15 is 0 Å². The molecule has 0 aliphatic heterocycles. The van der Waals surface area contributed by atoms with Gasteiger partial charge in [0, 0.05) is 5.69 Å². The highest BCUT2D eigenvalue weighted by molar-refractivity contribution is 9.10. The molecule has 2 N–H and O–H groups in total. The number of nitrogens with one attached hydrogen (secondary N) is 1. The number of aromatic nitrogens is 2. The fourth-order valence-electron chi connectivity index (χ4n) is 1.00. The third kappa shape index (κ3) is 2.07. The van der Waals surface area contributed by atoms with Gasteiger partial charge in [0.05, 0.1) is 12.1 Å². The third-order valence-corrected chi connectivity index (χ3v) is 1.87. The van der Waals surface area contributed by atoms with Gasteiger partial charge in [-0.05, 0) is 22.4 Å². The highest BCUT2D eigenvalue weighted by atomic mass is 79.9. The second-order valence-electron chi connectivity index (χ2n) is 2.38. The van der Waals surface area contributed by atoms with Crippen LogP contribution in [0.3, 0.4) is 0 Å². The Hall–Kier alpha value is -0.840. The quantitative estimate of drug-likeness (QED) is 0.828. The van der Waals surface area contributed by atoms with Crippen LogP contribution in [-0.2, 0) is 17.6 Å². The number of aliphatic carboxylic acids is 1. The van der Waals surface area contributed by atoms with Crippen molar-refractivity contribution in [3.63, 3.8) is 0 Å². The summed E-state index contributed by atoms with van der Waals surface area (Å²) >= 11 is 3.15. The van der Waals surface area contributed by atoms with Crippen molar-refractivity contribution in [1.29, 1.82) is 0 Å². The zero-order chi connectivity index (χ0) is 9.14. The Bertz CT molecular complexity index is 296. The van der Waals surface area contributed by atoms with Gasteiger partial charge in [0.25, 0.3) is 0 Å². The maximum atomic E-state index is 10.4. The fourth-order valence-corrected chi connectivity index (χ4v) is 1.45. The average molecular weight is 233 g/mol. The molecule has 0 saturated heterocycles. The molecule has 0 spiro atoms. The minimum absolute atomic E-state index is 0.00176. The summed E-state index contributed by atoms with van der Waals surface area (Å²) in [5.74, 6) is -0.846.